The number of ether oxygens (including phenoxy) is 1. The van der Waals surface area contributed by atoms with Crippen LogP contribution in [0.5, 0.6) is 0 Å². The fraction of sp³-hybridized carbons (Fsp3) is 0.545. The van der Waals surface area contributed by atoms with E-state index in [1.165, 1.54) is 0 Å². The minimum absolute atomic E-state index is 0.277. The second-order valence-corrected chi connectivity index (χ2v) is 5.81. The SMILES string of the molecule is C=CCCOCCNC(C)c1ncc(Br)s1. The molecule has 0 radical (unpaired) electrons. The number of rotatable bonds is 8. The summed E-state index contributed by atoms with van der Waals surface area (Å²) < 4.78 is 6.47. The van der Waals surface area contributed by atoms with Crippen molar-refractivity contribution in [2.24, 2.45) is 0 Å². The summed E-state index contributed by atoms with van der Waals surface area (Å²) in [4.78, 5) is 4.30. The van der Waals surface area contributed by atoms with E-state index in [1.807, 2.05) is 12.3 Å². The highest BCUT2D eigenvalue weighted by Crippen LogP contribution is 2.23. The molecule has 0 saturated carbocycles. The minimum Gasteiger partial charge on any atom is -0.380 e. The molecule has 1 unspecified atom stereocenters. The summed E-state index contributed by atoms with van der Waals surface area (Å²) in [5.74, 6) is 0. The van der Waals surface area contributed by atoms with Crippen molar-refractivity contribution in [2.75, 3.05) is 19.8 Å². The third kappa shape index (κ3) is 5.21. The summed E-state index contributed by atoms with van der Waals surface area (Å²) in [7, 11) is 0. The highest BCUT2D eigenvalue weighted by molar-refractivity contribution is 9.11. The van der Waals surface area contributed by atoms with Crippen molar-refractivity contribution in [3.05, 3.63) is 27.6 Å². The molecule has 16 heavy (non-hydrogen) atoms. The highest BCUT2D eigenvalue weighted by Gasteiger charge is 2.08. The predicted octanol–water partition coefficient (Wildman–Crippen LogP) is 3.15. The van der Waals surface area contributed by atoms with Crippen LogP contribution < -0.4 is 5.32 Å². The summed E-state index contributed by atoms with van der Waals surface area (Å²) >= 11 is 5.06. The van der Waals surface area contributed by atoms with Gasteiger partial charge in [0.2, 0.25) is 0 Å². The van der Waals surface area contributed by atoms with Crippen molar-refractivity contribution in [3.8, 4) is 0 Å². The average Bonchev–Trinajstić information content (AvgIpc) is 2.70. The van der Waals surface area contributed by atoms with E-state index in [4.69, 9.17) is 4.74 Å². The maximum Gasteiger partial charge on any atom is 0.110 e. The van der Waals surface area contributed by atoms with Gasteiger partial charge in [-0.1, -0.05) is 6.08 Å². The quantitative estimate of drug-likeness (QED) is 0.592. The third-order valence-corrected chi connectivity index (χ3v) is 3.69. The van der Waals surface area contributed by atoms with Gasteiger partial charge in [-0.05, 0) is 29.3 Å². The molecule has 0 aliphatic rings. The van der Waals surface area contributed by atoms with Crippen LogP contribution in [0.4, 0.5) is 0 Å². The molecule has 1 rings (SSSR count). The van der Waals surface area contributed by atoms with Gasteiger partial charge in [0, 0.05) is 6.54 Å². The van der Waals surface area contributed by atoms with E-state index >= 15 is 0 Å². The zero-order valence-electron chi connectivity index (χ0n) is 9.41. The number of nitrogens with zero attached hydrogens (tertiary/aromatic N) is 1. The molecular weight excluding hydrogens is 288 g/mol. The van der Waals surface area contributed by atoms with Gasteiger partial charge in [-0.25, -0.2) is 4.98 Å². The molecule has 0 aliphatic heterocycles. The molecule has 1 aromatic rings. The standard InChI is InChI=1S/C11H17BrN2OS/c1-3-4-6-15-7-5-13-9(2)11-14-8-10(12)16-11/h3,8-9,13H,1,4-7H2,2H3. The van der Waals surface area contributed by atoms with Crippen LogP contribution in [-0.2, 0) is 4.74 Å². The number of halogens is 1. The van der Waals surface area contributed by atoms with Crippen molar-refractivity contribution in [1.29, 1.82) is 0 Å². The first-order valence-electron chi connectivity index (χ1n) is 5.27. The molecule has 0 bridgehead atoms. The van der Waals surface area contributed by atoms with E-state index in [0.29, 0.717) is 0 Å². The van der Waals surface area contributed by atoms with Crippen molar-refractivity contribution in [3.63, 3.8) is 0 Å². The molecule has 1 heterocycles. The lowest BCUT2D eigenvalue weighted by Gasteiger charge is -2.10. The molecule has 3 nitrogen and oxygen atoms in total. The first-order valence-corrected chi connectivity index (χ1v) is 6.88. The molecule has 0 amide bonds. The molecule has 0 aliphatic carbocycles. The van der Waals surface area contributed by atoms with Gasteiger partial charge in [0.05, 0.1) is 29.2 Å². The fourth-order valence-electron chi connectivity index (χ4n) is 1.17. The van der Waals surface area contributed by atoms with Gasteiger partial charge in [0.25, 0.3) is 0 Å². The van der Waals surface area contributed by atoms with E-state index in [2.05, 4.69) is 39.7 Å². The summed E-state index contributed by atoms with van der Waals surface area (Å²) in [5, 5.41) is 4.46. The largest absolute Gasteiger partial charge is 0.380 e. The molecular formula is C11H17BrN2OS. The van der Waals surface area contributed by atoms with Crippen LogP contribution >= 0.6 is 27.3 Å². The van der Waals surface area contributed by atoms with Gasteiger partial charge < -0.3 is 10.1 Å². The summed E-state index contributed by atoms with van der Waals surface area (Å²) in [6, 6.07) is 0.277. The second kappa shape index (κ2) is 7.95. The van der Waals surface area contributed by atoms with Crippen molar-refractivity contribution < 1.29 is 4.74 Å². The molecule has 0 fully saturated rings. The normalized spacial score (nSPS) is 12.6. The van der Waals surface area contributed by atoms with Crippen LogP contribution in [0.15, 0.2) is 22.6 Å². The van der Waals surface area contributed by atoms with Crippen molar-refractivity contribution in [1.82, 2.24) is 10.3 Å². The lowest BCUT2D eigenvalue weighted by atomic mass is 10.3. The Hall–Kier alpha value is -0.230. The number of hydrogen-bond donors (Lipinski definition) is 1. The highest BCUT2D eigenvalue weighted by atomic mass is 79.9. The first kappa shape index (κ1) is 13.8. The molecule has 0 aromatic carbocycles. The van der Waals surface area contributed by atoms with Crippen LogP contribution in [0.25, 0.3) is 0 Å². The van der Waals surface area contributed by atoms with Gasteiger partial charge in [-0.2, -0.15) is 0 Å². The summed E-state index contributed by atoms with van der Waals surface area (Å²) in [6.07, 6.45) is 4.61. The van der Waals surface area contributed by atoms with Gasteiger partial charge in [-0.15, -0.1) is 17.9 Å². The Morgan fingerprint density at radius 1 is 1.69 bits per heavy atom. The van der Waals surface area contributed by atoms with Crippen molar-refractivity contribution in [2.45, 2.75) is 19.4 Å². The Balaban J connectivity index is 2.11. The Morgan fingerprint density at radius 2 is 2.50 bits per heavy atom. The zero-order valence-corrected chi connectivity index (χ0v) is 11.8. The number of nitrogens with one attached hydrogen (secondary N) is 1. The van der Waals surface area contributed by atoms with E-state index < -0.39 is 0 Å². The Kier molecular flexibility index (Phi) is 6.87. The molecule has 1 atom stereocenters. The van der Waals surface area contributed by atoms with Gasteiger partial charge in [0.1, 0.15) is 5.01 Å². The Bertz CT molecular complexity index is 317. The van der Waals surface area contributed by atoms with Crippen LogP contribution in [0.3, 0.4) is 0 Å². The minimum atomic E-state index is 0.277. The maximum absolute atomic E-state index is 5.41. The zero-order chi connectivity index (χ0) is 11.8. The van der Waals surface area contributed by atoms with Crippen LogP contribution in [-0.4, -0.2) is 24.7 Å². The van der Waals surface area contributed by atoms with Crippen LogP contribution in [0.1, 0.15) is 24.4 Å². The fourth-order valence-corrected chi connectivity index (χ4v) is 2.44. The molecule has 0 spiro atoms. The first-order chi connectivity index (χ1) is 7.74. The van der Waals surface area contributed by atoms with Gasteiger partial charge in [-0.3, -0.25) is 0 Å². The molecule has 90 valence electrons. The third-order valence-electron chi connectivity index (χ3n) is 2.03. The molecule has 5 heteroatoms. The predicted molar refractivity (Wildman–Crippen MR) is 71.9 cm³/mol. The lowest BCUT2D eigenvalue weighted by Crippen LogP contribution is -2.23. The molecule has 1 aromatic heterocycles. The van der Waals surface area contributed by atoms with Crippen LogP contribution in [0, 0.1) is 0 Å². The topological polar surface area (TPSA) is 34.1 Å². The number of hydrogen-bond acceptors (Lipinski definition) is 4. The number of thiazole rings is 1. The summed E-state index contributed by atoms with van der Waals surface area (Å²) in [5.41, 5.74) is 0. The van der Waals surface area contributed by atoms with E-state index in [9.17, 15) is 0 Å². The van der Waals surface area contributed by atoms with E-state index in [0.717, 1.165) is 35.0 Å². The second-order valence-electron chi connectivity index (χ2n) is 3.37. The molecule has 0 saturated heterocycles. The van der Waals surface area contributed by atoms with Crippen LogP contribution in [0.2, 0.25) is 0 Å². The van der Waals surface area contributed by atoms with E-state index in [-0.39, 0.29) is 6.04 Å². The van der Waals surface area contributed by atoms with Gasteiger partial charge in [0.15, 0.2) is 0 Å². The lowest BCUT2D eigenvalue weighted by molar-refractivity contribution is 0.138. The van der Waals surface area contributed by atoms with E-state index in [1.54, 1.807) is 11.3 Å². The summed E-state index contributed by atoms with van der Waals surface area (Å²) in [6.45, 7) is 8.07. The Morgan fingerprint density at radius 3 is 3.12 bits per heavy atom. The van der Waals surface area contributed by atoms with Gasteiger partial charge >= 0.3 is 0 Å². The molecule has 1 N–H and O–H groups in total. The smallest absolute Gasteiger partial charge is 0.110 e. The van der Waals surface area contributed by atoms with Crippen molar-refractivity contribution >= 4 is 27.3 Å². The maximum atomic E-state index is 5.41. The monoisotopic (exact) mass is 304 g/mol. The Labute approximate surface area is 109 Å². The average molecular weight is 305 g/mol. The number of aromatic nitrogens is 1.